The molecule has 0 radical (unpaired) electrons. The van der Waals surface area contributed by atoms with Crippen LogP contribution in [0.15, 0.2) is 11.6 Å². The molecule has 0 aromatic heterocycles. The molecule has 4 saturated carbocycles. The zero-order valence-electron chi connectivity index (χ0n) is 27.1. The van der Waals surface area contributed by atoms with Gasteiger partial charge in [0.05, 0.1) is 0 Å². The van der Waals surface area contributed by atoms with Crippen LogP contribution in [0.3, 0.4) is 0 Å². The van der Waals surface area contributed by atoms with Crippen LogP contribution in [-0.2, 0) is 19.1 Å². The second-order valence-electron chi connectivity index (χ2n) is 16.8. The summed E-state index contributed by atoms with van der Waals surface area (Å²) in [7, 11) is 0. The number of ether oxygens (including phenoxy) is 1. The fourth-order valence-electron chi connectivity index (χ4n) is 11.3. The first-order valence-electron chi connectivity index (χ1n) is 16.6. The van der Waals surface area contributed by atoms with Crippen LogP contribution >= 0.6 is 11.6 Å². The Labute approximate surface area is 254 Å². The number of unbranched alkanes of at least 4 members (excludes halogenated alkanes) is 2. The maximum atomic E-state index is 14.5. The van der Waals surface area contributed by atoms with Crippen LogP contribution in [0.4, 0.5) is 0 Å². The van der Waals surface area contributed by atoms with Gasteiger partial charge in [-0.3, -0.25) is 14.4 Å². The SMILES string of the molecule is CCCCCC(=O)O[C@H]1CC[C@@]2(C)C(CC[C@]3(C)[C@@H]2C(=O)C=C2[C@@H]4CC(C)(C(=O)Cl)CC[C@]4(C)CC[C@]23C)C1(C)C. The fraction of sp³-hybridized carbons (Fsp3) is 0.861. The van der Waals surface area contributed by atoms with Crippen molar-refractivity contribution in [1.29, 1.82) is 0 Å². The molecule has 0 amide bonds. The molecule has 0 aliphatic heterocycles. The molecule has 0 aromatic rings. The number of fused-ring (bicyclic) bond motifs is 7. The summed E-state index contributed by atoms with van der Waals surface area (Å²) in [4.78, 5) is 39.8. The third-order valence-electron chi connectivity index (χ3n) is 14.2. The summed E-state index contributed by atoms with van der Waals surface area (Å²) in [6.45, 7) is 18.4. The zero-order valence-corrected chi connectivity index (χ0v) is 27.8. The minimum atomic E-state index is -0.522. The van der Waals surface area contributed by atoms with Gasteiger partial charge in [-0.1, -0.05) is 73.8 Å². The average Bonchev–Trinajstić information content (AvgIpc) is 2.88. The van der Waals surface area contributed by atoms with Crippen LogP contribution in [-0.4, -0.2) is 23.1 Å². The van der Waals surface area contributed by atoms with Crippen molar-refractivity contribution in [2.45, 2.75) is 145 Å². The van der Waals surface area contributed by atoms with Crippen molar-refractivity contribution in [3.63, 3.8) is 0 Å². The first-order chi connectivity index (χ1) is 19.0. The summed E-state index contributed by atoms with van der Waals surface area (Å²) in [6, 6.07) is 0. The second-order valence-corrected chi connectivity index (χ2v) is 17.2. The lowest BCUT2D eigenvalue weighted by molar-refractivity contribution is -0.211. The van der Waals surface area contributed by atoms with E-state index in [1.807, 2.05) is 6.92 Å². The summed E-state index contributed by atoms with van der Waals surface area (Å²) < 4.78 is 6.18. The summed E-state index contributed by atoms with van der Waals surface area (Å²) in [5.41, 5.74) is 0.363. The number of rotatable bonds is 6. The average molecular weight is 587 g/mol. The summed E-state index contributed by atoms with van der Waals surface area (Å²) in [5, 5.41) is -0.225. The lowest BCUT2D eigenvalue weighted by Crippen LogP contribution is -2.66. The molecule has 5 heteroatoms. The van der Waals surface area contributed by atoms with Gasteiger partial charge in [-0.15, -0.1) is 0 Å². The molecule has 9 atom stereocenters. The van der Waals surface area contributed by atoms with E-state index < -0.39 is 5.41 Å². The molecule has 4 fully saturated rings. The molecule has 0 aromatic carbocycles. The topological polar surface area (TPSA) is 60.4 Å². The van der Waals surface area contributed by atoms with Gasteiger partial charge in [-0.25, -0.2) is 0 Å². The first-order valence-corrected chi connectivity index (χ1v) is 17.0. The fourth-order valence-corrected chi connectivity index (χ4v) is 11.5. The van der Waals surface area contributed by atoms with Gasteiger partial charge in [0.25, 0.3) is 0 Å². The summed E-state index contributed by atoms with van der Waals surface area (Å²) in [6.07, 6.45) is 14.1. The van der Waals surface area contributed by atoms with E-state index in [-0.39, 0.29) is 56.2 Å². The largest absolute Gasteiger partial charge is 0.462 e. The Morgan fingerprint density at radius 3 is 2.27 bits per heavy atom. The monoisotopic (exact) mass is 586 g/mol. The molecule has 230 valence electrons. The Kier molecular flexibility index (Phi) is 7.78. The van der Waals surface area contributed by atoms with E-state index in [1.54, 1.807) is 0 Å². The van der Waals surface area contributed by atoms with Crippen LogP contribution in [0, 0.1) is 50.2 Å². The number of hydrogen-bond donors (Lipinski definition) is 0. The molecule has 2 unspecified atom stereocenters. The standard InChI is InChI=1S/C36H55ClO4/c1-9-10-11-12-28(39)41-27-14-15-34(6)26(31(27,2)3)13-16-36(8)29(34)25(38)21-23-24-22-33(5,30(37)40)18-17-32(24,4)19-20-35(23,36)7/h21,24,26-27,29H,9-20,22H2,1-8H3/t24-,26?,27-,29+,32+,33?,34-,35+,36+/m0/s1. The van der Waals surface area contributed by atoms with Gasteiger partial charge in [0, 0.05) is 23.2 Å². The Balaban J connectivity index is 1.48. The van der Waals surface area contributed by atoms with Gasteiger partial charge in [0.15, 0.2) is 5.78 Å². The molecule has 5 rings (SSSR count). The Morgan fingerprint density at radius 2 is 1.61 bits per heavy atom. The Hall–Kier alpha value is -1.16. The number of ketones is 1. The van der Waals surface area contributed by atoms with E-state index in [2.05, 4.69) is 54.5 Å². The van der Waals surface area contributed by atoms with E-state index in [4.69, 9.17) is 16.3 Å². The third-order valence-corrected chi connectivity index (χ3v) is 14.7. The molecule has 5 aliphatic rings. The molecular formula is C36H55ClO4. The molecule has 5 aliphatic carbocycles. The maximum absolute atomic E-state index is 14.5. The molecule has 0 N–H and O–H groups in total. The van der Waals surface area contributed by atoms with Crippen LogP contribution in [0.1, 0.15) is 139 Å². The molecule has 41 heavy (non-hydrogen) atoms. The highest BCUT2D eigenvalue weighted by atomic mass is 35.5. The minimum absolute atomic E-state index is 0.0445. The van der Waals surface area contributed by atoms with Gasteiger partial charge >= 0.3 is 5.97 Å². The second kappa shape index (κ2) is 10.2. The van der Waals surface area contributed by atoms with Gasteiger partial charge in [-0.05, 0) is 115 Å². The molecule has 0 spiro atoms. The predicted molar refractivity (Wildman–Crippen MR) is 164 cm³/mol. The number of carbonyl (C=O) groups is 3. The van der Waals surface area contributed by atoms with Crippen molar-refractivity contribution in [1.82, 2.24) is 0 Å². The molecule has 0 saturated heterocycles. The van der Waals surface area contributed by atoms with Crippen LogP contribution in [0.5, 0.6) is 0 Å². The van der Waals surface area contributed by atoms with Gasteiger partial charge in [0.2, 0.25) is 5.24 Å². The van der Waals surface area contributed by atoms with Crippen molar-refractivity contribution in [3.05, 3.63) is 11.6 Å². The van der Waals surface area contributed by atoms with Crippen molar-refractivity contribution in [2.24, 2.45) is 50.2 Å². The van der Waals surface area contributed by atoms with Crippen LogP contribution < -0.4 is 0 Å². The van der Waals surface area contributed by atoms with Crippen molar-refractivity contribution < 1.29 is 19.1 Å². The third kappa shape index (κ3) is 4.53. The van der Waals surface area contributed by atoms with E-state index >= 15 is 0 Å². The van der Waals surface area contributed by atoms with E-state index in [9.17, 15) is 14.4 Å². The van der Waals surface area contributed by atoms with Crippen molar-refractivity contribution in [3.8, 4) is 0 Å². The lowest BCUT2D eigenvalue weighted by Gasteiger charge is -2.70. The van der Waals surface area contributed by atoms with E-state index in [0.29, 0.717) is 18.1 Å². The summed E-state index contributed by atoms with van der Waals surface area (Å²) >= 11 is 6.19. The predicted octanol–water partition coefficient (Wildman–Crippen LogP) is 9.22. The van der Waals surface area contributed by atoms with E-state index in [0.717, 1.165) is 77.0 Å². The Morgan fingerprint density at radius 1 is 0.927 bits per heavy atom. The van der Waals surface area contributed by atoms with E-state index in [1.165, 1.54) is 5.57 Å². The number of allylic oxidation sites excluding steroid dienone is 2. The van der Waals surface area contributed by atoms with Gasteiger partial charge in [0.1, 0.15) is 6.10 Å². The van der Waals surface area contributed by atoms with Crippen LogP contribution in [0.2, 0.25) is 0 Å². The molecule has 4 nitrogen and oxygen atoms in total. The lowest BCUT2D eigenvalue weighted by atomic mass is 9.33. The number of carbonyl (C=O) groups excluding carboxylic acids is 3. The molecule has 0 heterocycles. The highest BCUT2D eigenvalue weighted by Gasteiger charge is 2.70. The highest BCUT2D eigenvalue weighted by Crippen LogP contribution is 2.75. The van der Waals surface area contributed by atoms with Gasteiger partial charge in [-0.2, -0.15) is 0 Å². The maximum Gasteiger partial charge on any atom is 0.306 e. The van der Waals surface area contributed by atoms with Crippen molar-refractivity contribution in [2.75, 3.05) is 0 Å². The number of esters is 1. The zero-order chi connectivity index (χ0) is 30.2. The number of hydrogen-bond acceptors (Lipinski definition) is 4. The number of halogens is 1. The Bertz CT molecular complexity index is 1140. The molecule has 0 bridgehead atoms. The normalized spacial score (nSPS) is 46.8. The molecular weight excluding hydrogens is 532 g/mol. The smallest absolute Gasteiger partial charge is 0.306 e. The highest BCUT2D eigenvalue weighted by molar-refractivity contribution is 6.64. The van der Waals surface area contributed by atoms with Crippen LogP contribution in [0.25, 0.3) is 0 Å². The quantitative estimate of drug-likeness (QED) is 0.177. The first kappa shape index (κ1) is 31.3. The van der Waals surface area contributed by atoms with Gasteiger partial charge < -0.3 is 4.74 Å². The minimum Gasteiger partial charge on any atom is -0.462 e. The van der Waals surface area contributed by atoms with Crippen molar-refractivity contribution >= 4 is 28.6 Å². The summed E-state index contributed by atoms with van der Waals surface area (Å²) in [5.74, 6) is 0.728.